The number of amides is 1. The van der Waals surface area contributed by atoms with E-state index in [9.17, 15) is 4.79 Å². The smallest absolute Gasteiger partial charge is 0.243 e. The Balaban J connectivity index is 1.87. The quantitative estimate of drug-likeness (QED) is 0.865. The van der Waals surface area contributed by atoms with Crippen LogP contribution in [0.15, 0.2) is 4.52 Å². The predicted molar refractivity (Wildman–Crippen MR) is 65.6 cm³/mol. The van der Waals surface area contributed by atoms with Gasteiger partial charge in [0, 0.05) is 6.42 Å². The Morgan fingerprint density at radius 1 is 1.56 bits per heavy atom. The van der Waals surface area contributed by atoms with Crippen molar-refractivity contribution in [1.29, 1.82) is 0 Å². The van der Waals surface area contributed by atoms with Crippen molar-refractivity contribution in [3.63, 3.8) is 0 Å². The molecule has 100 valence electrons. The van der Waals surface area contributed by atoms with Crippen molar-refractivity contribution in [1.82, 2.24) is 15.0 Å². The minimum atomic E-state index is -0.200. The van der Waals surface area contributed by atoms with Crippen molar-refractivity contribution in [2.24, 2.45) is 11.7 Å². The molecule has 18 heavy (non-hydrogen) atoms. The molecule has 1 amide bonds. The van der Waals surface area contributed by atoms with E-state index < -0.39 is 0 Å². The van der Waals surface area contributed by atoms with E-state index in [0.717, 1.165) is 25.9 Å². The van der Waals surface area contributed by atoms with Crippen LogP contribution in [0.2, 0.25) is 0 Å². The number of nitrogens with zero attached hydrogens (tertiary/aromatic N) is 3. The molecule has 6 heteroatoms. The number of hydrogen-bond donors (Lipinski definition) is 1. The molecule has 1 fully saturated rings. The van der Waals surface area contributed by atoms with E-state index in [1.807, 2.05) is 6.92 Å². The number of rotatable bonds is 4. The zero-order chi connectivity index (χ0) is 13.1. The van der Waals surface area contributed by atoms with Gasteiger partial charge in [0.15, 0.2) is 5.82 Å². The van der Waals surface area contributed by atoms with E-state index in [1.165, 1.54) is 0 Å². The molecule has 6 nitrogen and oxygen atoms in total. The summed E-state index contributed by atoms with van der Waals surface area (Å²) in [6.07, 6.45) is 2.50. The molecule has 1 atom stereocenters. The van der Waals surface area contributed by atoms with Crippen molar-refractivity contribution >= 4 is 5.91 Å². The van der Waals surface area contributed by atoms with Gasteiger partial charge in [-0.25, -0.2) is 0 Å². The Kier molecular flexibility index (Phi) is 3.96. The highest BCUT2D eigenvalue weighted by Crippen LogP contribution is 2.26. The highest BCUT2D eigenvalue weighted by atomic mass is 16.5. The van der Waals surface area contributed by atoms with Gasteiger partial charge >= 0.3 is 0 Å². The molecule has 2 N–H and O–H groups in total. The predicted octanol–water partition coefficient (Wildman–Crippen LogP) is 1.03. The Bertz CT molecular complexity index is 410. The van der Waals surface area contributed by atoms with Crippen LogP contribution in [0, 0.1) is 12.8 Å². The molecule has 2 heterocycles. The summed E-state index contributed by atoms with van der Waals surface area (Å²) in [5.74, 6) is 1.56. The number of aryl methyl sites for hydroxylation is 1. The molecular weight excluding hydrogens is 232 g/mol. The van der Waals surface area contributed by atoms with Gasteiger partial charge < -0.3 is 10.3 Å². The van der Waals surface area contributed by atoms with Crippen LogP contribution in [0.3, 0.4) is 0 Å². The van der Waals surface area contributed by atoms with Crippen LogP contribution in [-0.2, 0) is 4.79 Å². The first kappa shape index (κ1) is 13.0. The SMILES string of the molecule is Cc1noc(C(C)N2CCC(CC(N)=O)CC2)n1. The van der Waals surface area contributed by atoms with Gasteiger partial charge in [0.1, 0.15) is 0 Å². The Morgan fingerprint density at radius 3 is 2.72 bits per heavy atom. The van der Waals surface area contributed by atoms with Crippen molar-refractivity contribution in [2.75, 3.05) is 13.1 Å². The molecule has 0 bridgehead atoms. The molecule has 1 unspecified atom stereocenters. The zero-order valence-corrected chi connectivity index (χ0v) is 10.9. The third-order valence-electron chi connectivity index (χ3n) is 3.59. The fourth-order valence-electron chi connectivity index (χ4n) is 2.47. The summed E-state index contributed by atoms with van der Waals surface area (Å²) in [7, 11) is 0. The van der Waals surface area contributed by atoms with E-state index in [1.54, 1.807) is 0 Å². The largest absolute Gasteiger partial charge is 0.370 e. The molecule has 1 aliphatic heterocycles. The summed E-state index contributed by atoms with van der Waals surface area (Å²) in [4.78, 5) is 17.5. The van der Waals surface area contributed by atoms with E-state index >= 15 is 0 Å². The minimum absolute atomic E-state index is 0.140. The molecular formula is C12H20N4O2. The third kappa shape index (κ3) is 3.07. The molecule has 1 saturated heterocycles. The van der Waals surface area contributed by atoms with Crippen LogP contribution in [0.25, 0.3) is 0 Å². The summed E-state index contributed by atoms with van der Waals surface area (Å²) < 4.78 is 5.19. The topological polar surface area (TPSA) is 85.3 Å². The molecule has 1 aromatic rings. The molecule has 0 aliphatic carbocycles. The van der Waals surface area contributed by atoms with E-state index in [2.05, 4.69) is 22.0 Å². The maximum absolute atomic E-state index is 10.9. The monoisotopic (exact) mass is 252 g/mol. The summed E-state index contributed by atoms with van der Waals surface area (Å²) in [5.41, 5.74) is 5.23. The molecule has 2 rings (SSSR count). The fourth-order valence-corrected chi connectivity index (χ4v) is 2.47. The van der Waals surface area contributed by atoms with Crippen LogP contribution >= 0.6 is 0 Å². The Morgan fingerprint density at radius 2 is 2.22 bits per heavy atom. The average molecular weight is 252 g/mol. The molecule has 0 spiro atoms. The first-order valence-electron chi connectivity index (χ1n) is 6.39. The fraction of sp³-hybridized carbons (Fsp3) is 0.750. The number of carbonyl (C=O) groups excluding carboxylic acids is 1. The van der Waals surface area contributed by atoms with Crippen LogP contribution in [0.4, 0.5) is 0 Å². The summed E-state index contributed by atoms with van der Waals surface area (Å²) >= 11 is 0. The summed E-state index contributed by atoms with van der Waals surface area (Å²) in [6.45, 7) is 5.78. The molecule has 1 aromatic heterocycles. The number of hydrogen-bond acceptors (Lipinski definition) is 5. The summed E-state index contributed by atoms with van der Waals surface area (Å²) in [5, 5.41) is 3.81. The van der Waals surface area contributed by atoms with Crippen molar-refractivity contribution in [2.45, 2.75) is 39.2 Å². The van der Waals surface area contributed by atoms with Gasteiger partial charge in [0.25, 0.3) is 0 Å². The lowest BCUT2D eigenvalue weighted by Gasteiger charge is -2.34. The summed E-state index contributed by atoms with van der Waals surface area (Å²) in [6, 6.07) is 0.140. The second-order valence-corrected chi connectivity index (χ2v) is 5.01. The zero-order valence-electron chi connectivity index (χ0n) is 10.9. The van der Waals surface area contributed by atoms with Gasteiger partial charge in [0.2, 0.25) is 11.8 Å². The van der Waals surface area contributed by atoms with Gasteiger partial charge in [-0.05, 0) is 45.7 Å². The second-order valence-electron chi connectivity index (χ2n) is 5.01. The van der Waals surface area contributed by atoms with Crippen LogP contribution in [-0.4, -0.2) is 34.0 Å². The maximum atomic E-state index is 10.9. The van der Waals surface area contributed by atoms with Crippen molar-refractivity contribution in [3.05, 3.63) is 11.7 Å². The normalized spacial score (nSPS) is 19.9. The first-order valence-corrected chi connectivity index (χ1v) is 6.39. The average Bonchev–Trinajstić information content (AvgIpc) is 2.75. The minimum Gasteiger partial charge on any atom is -0.370 e. The lowest BCUT2D eigenvalue weighted by atomic mass is 9.92. The Hall–Kier alpha value is -1.43. The van der Waals surface area contributed by atoms with Gasteiger partial charge in [-0.3, -0.25) is 9.69 Å². The number of likely N-dealkylation sites (tertiary alicyclic amines) is 1. The third-order valence-corrected chi connectivity index (χ3v) is 3.59. The highest BCUT2D eigenvalue weighted by Gasteiger charge is 2.26. The lowest BCUT2D eigenvalue weighted by Crippen LogP contribution is -2.36. The van der Waals surface area contributed by atoms with Crippen molar-refractivity contribution < 1.29 is 9.32 Å². The first-order chi connectivity index (χ1) is 8.56. The number of piperidine rings is 1. The molecule has 0 saturated carbocycles. The van der Waals surface area contributed by atoms with Crippen LogP contribution in [0.1, 0.15) is 43.9 Å². The maximum Gasteiger partial charge on any atom is 0.243 e. The molecule has 0 aromatic carbocycles. The lowest BCUT2D eigenvalue weighted by molar-refractivity contribution is -0.119. The standard InChI is InChI=1S/C12H20N4O2/c1-8(12-14-9(2)15-18-12)16-5-3-10(4-6-16)7-11(13)17/h8,10H,3-7H2,1-2H3,(H2,13,17). The number of carbonyl (C=O) groups is 1. The van der Waals surface area contributed by atoms with Gasteiger partial charge in [-0.2, -0.15) is 4.98 Å². The highest BCUT2D eigenvalue weighted by molar-refractivity contribution is 5.73. The van der Waals surface area contributed by atoms with Gasteiger partial charge in [0.05, 0.1) is 6.04 Å². The number of primary amides is 1. The number of aromatic nitrogens is 2. The number of nitrogens with two attached hydrogens (primary N) is 1. The molecule has 0 radical (unpaired) electrons. The van der Waals surface area contributed by atoms with E-state index in [-0.39, 0.29) is 11.9 Å². The van der Waals surface area contributed by atoms with E-state index in [0.29, 0.717) is 24.1 Å². The van der Waals surface area contributed by atoms with Gasteiger partial charge in [-0.1, -0.05) is 5.16 Å². The second kappa shape index (κ2) is 5.48. The Labute approximate surface area is 107 Å². The van der Waals surface area contributed by atoms with E-state index in [4.69, 9.17) is 10.3 Å². The van der Waals surface area contributed by atoms with Crippen LogP contribution < -0.4 is 5.73 Å². The van der Waals surface area contributed by atoms with Gasteiger partial charge in [-0.15, -0.1) is 0 Å². The van der Waals surface area contributed by atoms with Crippen molar-refractivity contribution in [3.8, 4) is 0 Å². The van der Waals surface area contributed by atoms with Crippen LogP contribution in [0.5, 0.6) is 0 Å². The molecule has 1 aliphatic rings.